The van der Waals surface area contributed by atoms with Gasteiger partial charge in [0.1, 0.15) is 11.9 Å². The number of benzene rings is 2. The number of ether oxygens (including phenoxy) is 2. The molecule has 6 nitrogen and oxygen atoms in total. The van der Waals surface area contributed by atoms with Gasteiger partial charge in [-0.2, -0.15) is 0 Å². The first-order chi connectivity index (χ1) is 17.8. The van der Waals surface area contributed by atoms with E-state index in [1.54, 1.807) is 18.9 Å². The number of nitrogens with zero attached hydrogens (tertiary/aromatic N) is 1. The molecular formula is C29H33NO5S2. The molecule has 1 aliphatic rings. The van der Waals surface area contributed by atoms with Gasteiger partial charge in [0.05, 0.1) is 22.8 Å². The lowest BCUT2D eigenvalue weighted by Gasteiger charge is -2.25. The van der Waals surface area contributed by atoms with Crippen molar-refractivity contribution < 1.29 is 24.2 Å². The van der Waals surface area contributed by atoms with Gasteiger partial charge in [0.2, 0.25) is 0 Å². The zero-order valence-corrected chi connectivity index (χ0v) is 23.2. The fourth-order valence-corrected chi connectivity index (χ4v) is 6.82. The Labute approximate surface area is 226 Å². The van der Waals surface area contributed by atoms with Crippen LogP contribution in [0.25, 0.3) is 0 Å². The number of aryl methyl sites for hydroxylation is 1. The molecule has 0 aliphatic carbocycles. The van der Waals surface area contributed by atoms with Crippen molar-refractivity contribution in [2.45, 2.75) is 50.7 Å². The summed E-state index contributed by atoms with van der Waals surface area (Å²) in [5.41, 5.74) is 3.32. The SMILES string of the molecule is COC(=O)C(C)C(c1ccc(C)c(CN2CC(CCO)Oc3ccccc3S2)c1)c1ccc(C(C)=O)s1. The highest BCUT2D eigenvalue weighted by Gasteiger charge is 2.30. The molecule has 8 heteroatoms. The van der Waals surface area contributed by atoms with E-state index in [-0.39, 0.29) is 30.4 Å². The number of ketones is 1. The van der Waals surface area contributed by atoms with Crippen molar-refractivity contribution in [1.82, 2.24) is 4.31 Å². The lowest BCUT2D eigenvalue weighted by molar-refractivity contribution is -0.145. The van der Waals surface area contributed by atoms with Gasteiger partial charge in [0, 0.05) is 36.9 Å². The highest BCUT2D eigenvalue weighted by atomic mass is 32.2. The third-order valence-electron chi connectivity index (χ3n) is 6.66. The molecule has 196 valence electrons. The Bertz CT molecular complexity index is 1260. The van der Waals surface area contributed by atoms with Crippen LogP contribution in [0.2, 0.25) is 0 Å². The fourth-order valence-electron chi connectivity index (χ4n) is 4.61. The van der Waals surface area contributed by atoms with Gasteiger partial charge >= 0.3 is 5.97 Å². The monoisotopic (exact) mass is 539 g/mol. The van der Waals surface area contributed by atoms with Crippen LogP contribution in [0.15, 0.2) is 59.5 Å². The van der Waals surface area contributed by atoms with E-state index in [4.69, 9.17) is 9.47 Å². The molecule has 4 rings (SSSR count). The van der Waals surface area contributed by atoms with Gasteiger partial charge in [-0.1, -0.05) is 37.3 Å². The summed E-state index contributed by atoms with van der Waals surface area (Å²) in [6.07, 6.45) is 0.438. The average molecular weight is 540 g/mol. The molecule has 1 N–H and O–H groups in total. The van der Waals surface area contributed by atoms with E-state index in [1.165, 1.54) is 18.4 Å². The molecular weight excluding hydrogens is 506 g/mol. The number of para-hydroxylation sites is 1. The van der Waals surface area contributed by atoms with Gasteiger partial charge in [0.15, 0.2) is 5.78 Å². The number of carbonyl (C=O) groups is 2. The molecule has 0 amide bonds. The normalized spacial score (nSPS) is 17.3. The van der Waals surface area contributed by atoms with Crippen molar-refractivity contribution >= 4 is 35.0 Å². The summed E-state index contributed by atoms with van der Waals surface area (Å²) < 4.78 is 13.6. The Morgan fingerprint density at radius 3 is 2.68 bits per heavy atom. The van der Waals surface area contributed by atoms with Crippen molar-refractivity contribution in [3.63, 3.8) is 0 Å². The predicted molar refractivity (Wildman–Crippen MR) is 147 cm³/mol. The van der Waals surface area contributed by atoms with Crippen LogP contribution in [-0.2, 0) is 16.1 Å². The summed E-state index contributed by atoms with van der Waals surface area (Å²) >= 11 is 3.09. The maximum absolute atomic E-state index is 12.6. The number of aliphatic hydroxyl groups is 1. The van der Waals surface area contributed by atoms with E-state index in [0.717, 1.165) is 32.2 Å². The molecule has 3 aromatic rings. The van der Waals surface area contributed by atoms with Gasteiger partial charge in [0.25, 0.3) is 0 Å². The number of fused-ring (bicyclic) bond motifs is 1. The van der Waals surface area contributed by atoms with Crippen LogP contribution in [0, 0.1) is 12.8 Å². The first kappa shape index (κ1) is 27.4. The number of Topliss-reactive ketones (excluding diaryl/α,β-unsaturated/α-hetero) is 1. The van der Waals surface area contributed by atoms with Gasteiger partial charge in [-0.25, -0.2) is 4.31 Å². The average Bonchev–Trinajstić information content (AvgIpc) is 3.29. The van der Waals surface area contributed by atoms with E-state index in [1.807, 2.05) is 37.3 Å². The van der Waals surface area contributed by atoms with E-state index >= 15 is 0 Å². The van der Waals surface area contributed by atoms with E-state index in [2.05, 4.69) is 35.5 Å². The molecule has 0 radical (unpaired) electrons. The smallest absolute Gasteiger partial charge is 0.309 e. The molecule has 0 fully saturated rings. The topological polar surface area (TPSA) is 76.1 Å². The Balaban J connectivity index is 1.67. The first-order valence-corrected chi connectivity index (χ1v) is 14.0. The molecule has 0 saturated heterocycles. The van der Waals surface area contributed by atoms with E-state index in [0.29, 0.717) is 24.4 Å². The first-order valence-electron chi connectivity index (χ1n) is 12.4. The molecule has 0 saturated carbocycles. The number of esters is 1. The highest BCUT2D eigenvalue weighted by molar-refractivity contribution is 7.97. The second-order valence-electron chi connectivity index (χ2n) is 9.35. The quantitative estimate of drug-likeness (QED) is 0.208. The Morgan fingerprint density at radius 2 is 1.97 bits per heavy atom. The van der Waals surface area contributed by atoms with Crippen molar-refractivity contribution in [3.05, 3.63) is 81.0 Å². The van der Waals surface area contributed by atoms with Crippen LogP contribution in [0.1, 0.15) is 57.4 Å². The number of rotatable bonds is 9. The lowest BCUT2D eigenvalue weighted by Crippen LogP contribution is -2.30. The minimum Gasteiger partial charge on any atom is -0.488 e. The standard InChI is InChI=1S/C29H33NO5S2/c1-18-9-10-21(28(19(2)29(33)34-4)27-12-11-25(36-27)20(3)32)15-22(18)16-30-17-23(13-14-31)35-24-7-5-6-8-26(24)37-30/h5-12,15,19,23,28,31H,13-14,16-17H2,1-4H3. The maximum atomic E-state index is 12.6. The summed E-state index contributed by atoms with van der Waals surface area (Å²) in [6.45, 7) is 6.93. The zero-order valence-electron chi connectivity index (χ0n) is 21.6. The number of hydrogen-bond acceptors (Lipinski definition) is 8. The number of aliphatic hydroxyl groups excluding tert-OH is 1. The van der Waals surface area contributed by atoms with Crippen LogP contribution >= 0.6 is 23.3 Å². The Hall–Kier alpha value is -2.65. The van der Waals surface area contributed by atoms with E-state index < -0.39 is 5.92 Å². The largest absolute Gasteiger partial charge is 0.488 e. The number of carbonyl (C=O) groups excluding carboxylic acids is 2. The van der Waals surface area contributed by atoms with Crippen molar-refractivity contribution in [2.24, 2.45) is 5.92 Å². The molecule has 0 spiro atoms. The number of hydrogen-bond donors (Lipinski definition) is 1. The minimum absolute atomic E-state index is 0.0171. The van der Waals surface area contributed by atoms with Gasteiger partial charge < -0.3 is 14.6 Å². The molecule has 0 bridgehead atoms. The summed E-state index contributed by atoms with van der Waals surface area (Å²) in [5.74, 6) is -0.0736. The van der Waals surface area contributed by atoms with Crippen molar-refractivity contribution in [2.75, 3.05) is 20.3 Å². The Morgan fingerprint density at radius 1 is 1.19 bits per heavy atom. The number of methoxy groups -OCH3 is 1. The van der Waals surface area contributed by atoms with Crippen molar-refractivity contribution in [1.29, 1.82) is 0 Å². The second kappa shape index (κ2) is 12.3. The highest BCUT2D eigenvalue weighted by Crippen LogP contribution is 2.40. The molecule has 2 heterocycles. The summed E-state index contributed by atoms with van der Waals surface area (Å²) in [5, 5.41) is 9.57. The summed E-state index contributed by atoms with van der Waals surface area (Å²) in [4.78, 5) is 27.3. The second-order valence-corrected chi connectivity index (χ2v) is 11.6. The van der Waals surface area contributed by atoms with Crippen LogP contribution in [0.5, 0.6) is 5.75 Å². The maximum Gasteiger partial charge on any atom is 0.309 e. The summed E-state index contributed by atoms with van der Waals surface area (Å²) in [6, 6.07) is 18.1. The van der Waals surface area contributed by atoms with Crippen molar-refractivity contribution in [3.8, 4) is 5.75 Å². The van der Waals surface area contributed by atoms with Crippen LogP contribution in [0.3, 0.4) is 0 Å². The summed E-state index contributed by atoms with van der Waals surface area (Å²) in [7, 11) is 1.41. The molecule has 3 atom stereocenters. The lowest BCUT2D eigenvalue weighted by atomic mass is 9.84. The molecule has 37 heavy (non-hydrogen) atoms. The predicted octanol–water partition coefficient (Wildman–Crippen LogP) is 5.85. The van der Waals surface area contributed by atoms with E-state index in [9.17, 15) is 14.7 Å². The molecule has 1 aromatic heterocycles. The van der Waals surface area contributed by atoms with Gasteiger partial charge in [-0.3, -0.25) is 9.59 Å². The minimum atomic E-state index is -0.416. The molecule has 3 unspecified atom stereocenters. The van der Waals surface area contributed by atoms with Gasteiger partial charge in [-0.15, -0.1) is 11.3 Å². The zero-order chi connectivity index (χ0) is 26.5. The van der Waals surface area contributed by atoms with Crippen LogP contribution in [0.4, 0.5) is 0 Å². The molecule has 2 aromatic carbocycles. The van der Waals surface area contributed by atoms with Gasteiger partial charge in [-0.05, 0) is 66.8 Å². The third-order valence-corrected chi connectivity index (χ3v) is 9.00. The Kier molecular flexibility index (Phi) is 9.08. The van der Waals surface area contributed by atoms with Crippen LogP contribution in [-0.4, -0.2) is 47.5 Å². The number of thiophene rings is 1. The van der Waals surface area contributed by atoms with Crippen LogP contribution < -0.4 is 4.74 Å². The fraction of sp³-hybridized carbons (Fsp3) is 0.379. The third kappa shape index (κ3) is 6.44. The molecule has 1 aliphatic heterocycles.